The molecule has 3 rings (SSSR count). The Morgan fingerprint density at radius 3 is 2.54 bits per heavy atom. The number of aromatic nitrogens is 2. The zero-order chi connectivity index (χ0) is 20.3. The summed E-state index contributed by atoms with van der Waals surface area (Å²) in [4.78, 5) is 24.3. The molecule has 0 saturated carbocycles. The summed E-state index contributed by atoms with van der Waals surface area (Å²) in [6.45, 7) is 7.73. The molecule has 1 amide bonds. The molecule has 28 heavy (non-hydrogen) atoms. The van der Waals surface area contributed by atoms with Crippen molar-refractivity contribution in [3.63, 3.8) is 0 Å². The van der Waals surface area contributed by atoms with Crippen LogP contribution in [0.4, 0.5) is 15.0 Å². The normalized spacial score (nSPS) is 14.8. The second-order valence-electron chi connectivity index (χ2n) is 7.34. The van der Waals surface area contributed by atoms with Gasteiger partial charge in [-0.2, -0.15) is 0 Å². The van der Waals surface area contributed by atoms with Crippen LogP contribution in [0.1, 0.15) is 20.8 Å². The minimum Gasteiger partial charge on any atom is -0.451 e. The van der Waals surface area contributed by atoms with E-state index in [2.05, 4.69) is 25.9 Å². The Morgan fingerprint density at radius 1 is 1.18 bits per heavy atom. The largest absolute Gasteiger partial charge is 0.451 e. The maximum Gasteiger partial charge on any atom is 0.410 e. The quantitative estimate of drug-likeness (QED) is 0.693. The lowest BCUT2D eigenvalue weighted by Gasteiger charge is -2.36. The van der Waals surface area contributed by atoms with Crippen LogP contribution in [-0.2, 0) is 4.74 Å². The lowest BCUT2D eigenvalue weighted by molar-refractivity contribution is 0.0240. The topological polar surface area (TPSA) is 67.8 Å². The average Bonchev–Trinajstić information content (AvgIpc) is 2.63. The number of amides is 1. The Labute approximate surface area is 171 Å². The highest BCUT2D eigenvalue weighted by atomic mass is 79.9. The van der Waals surface area contributed by atoms with E-state index in [1.54, 1.807) is 11.1 Å². The molecule has 0 atom stereocenters. The van der Waals surface area contributed by atoms with Crippen molar-refractivity contribution in [1.82, 2.24) is 14.9 Å². The molecule has 2 aromatic rings. The maximum atomic E-state index is 13.3. The predicted molar refractivity (Wildman–Crippen MR) is 106 cm³/mol. The van der Waals surface area contributed by atoms with Gasteiger partial charge >= 0.3 is 6.09 Å². The molecular formula is C19H22BrFN4O3. The van der Waals surface area contributed by atoms with E-state index < -0.39 is 5.60 Å². The first-order valence-corrected chi connectivity index (χ1v) is 9.68. The Kier molecular flexibility index (Phi) is 6.02. The number of piperazine rings is 1. The van der Waals surface area contributed by atoms with Crippen molar-refractivity contribution < 1.29 is 18.7 Å². The van der Waals surface area contributed by atoms with E-state index in [0.717, 1.165) is 0 Å². The smallest absolute Gasteiger partial charge is 0.410 e. The fourth-order valence-electron chi connectivity index (χ4n) is 2.72. The number of carbonyl (C=O) groups is 1. The van der Waals surface area contributed by atoms with E-state index in [9.17, 15) is 9.18 Å². The van der Waals surface area contributed by atoms with Crippen molar-refractivity contribution in [2.75, 3.05) is 31.1 Å². The zero-order valence-electron chi connectivity index (χ0n) is 16.0. The molecule has 1 saturated heterocycles. The molecule has 0 radical (unpaired) electrons. The van der Waals surface area contributed by atoms with Gasteiger partial charge in [-0.25, -0.2) is 19.2 Å². The van der Waals surface area contributed by atoms with Crippen molar-refractivity contribution in [2.24, 2.45) is 0 Å². The van der Waals surface area contributed by atoms with Crippen LogP contribution in [0.25, 0.3) is 0 Å². The number of halogens is 2. The third kappa shape index (κ3) is 5.09. The van der Waals surface area contributed by atoms with Gasteiger partial charge in [-0.1, -0.05) is 0 Å². The number of benzene rings is 1. The number of nitrogens with zero attached hydrogens (tertiary/aromatic N) is 4. The second-order valence-corrected chi connectivity index (χ2v) is 8.20. The van der Waals surface area contributed by atoms with Gasteiger partial charge in [0.15, 0.2) is 11.6 Å². The van der Waals surface area contributed by atoms with Gasteiger partial charge in [0, 0.05) is 26.2 Å². The molecule has 150 valence electrons. The molecule has 1 aromatic carbocycles. The Bertz CT molecular complexity index is 851. The summed E-state index contributed by atoms with van der Waals surface area (Å²) in [6.07, 6.45) is 2.70. The molecule has 1 aromatic heterocycles. The van der Waals surface area contributed by atoms with Crippen molar-refractivity contribution in [2.45, 2.75) is 26.4 Å². The van der Waals surface area contributed by atoms with Crippen molar-refractivity contribution in [1.29, 1.82) is 0 Å². The third-order valence-corrected chi connectivity index (χ3v) is 4.62. The number of carbonyl (C=O) groups excluding carboxylic acids is 1. The second kappa shape index (κ2) is 8.30. The predicted octanol–water partition coefficient (Wildman–Crippen LogP) is 4.23. The zero-order valence-corrected chi connectivity index (χ0v) is 17.6. The summed E-state index contributed by atoms with van der Waals surface area (Å²) in [6, 6.07) is 4.19. The first-order valence-electron chi connectivity index (χ1n) is 8.89. The van der Waals surface area contributed by atoms with Gasteiger partial charge in [0.05, 0.1) is 10.7 Å². The lowest BCUT2D eigenvalue weighted by atomic mass is 10.2. The third-order valence-electron chi connectivity index (χ3n) is 4.00. The first kappa shape index (κ1) is 20.3. The van der Waals surface area contributed by atoms with Crippen LogP contribution in [-0.4, -0.2) is 52.7 Å². The highest BCUT2D eigenvalue weighted by molar-refractivity contribution is 9.10. The first-order chi connectivity index (χ1) is 13.2. The molecule has 1 aliphatic rings. The summed E-state index contributed by atoms with van der Waals surface area (Å²) >= 11 is 3.30. The summed E-state index contributed by atoms with van der Waals surface area (Å²) in [5.41, 5.74) is -0.523. The molecule has 0 aliphatic carbocycles. The van der Waals surface area contributed by atoms with Crippen molar-refractivity contribution in [3.05, 3.63) is 41.0 Å². The Balaban J connectivity index is 1.69. The summed E-state index contributed by atoms with van der Waals surface area (Å²) < 4.78 is 25.1. The van der Waals surface area contributed by atoms with Crippen LogP contribution >= 0.6 is 15.9 Å². The van der Waals surface area contributed by atoms with Crippen LogP contribution < -0.4 is 9.64 Å². The molecular weight excluding hydrogens is 431 g/mol. The fourth-order valence-corrected chi connectivity index (χ4v) is 3.16. The maximum absolute atomic E-state index is 13.3. The van der Waals surface area contributed by atoms with Crippen LogP contribution in [0.2, 0.25) is 0 Å². The van der Waals surface area contributed by atoms with Crippen molar-refractivity contribution in [3.8, 4) is 11.5 Å². The molecule has 0 bridgehead atoms. The molecule has 2 heterocycles. The van der Waals surface area contributed by atoms with E-state index in [4.69, 9.17) is 9.47 Å². The van der Waals surface area contributed by atoms with Gasteiger partial charge < -0.3 is 19.3 Å². The lowest BCUT2D eigenvalue weighted by Crippen LogP contribution is -2.50. The molecule has 0 unspecified atom stereocenters. The minimum atomic E-state index is -0.523. The molecule has 7 nitrogen and oxygen atoms in total. The number of ether oxygens (including phenoxy) is 2. The van der Waals surface area contributed by atoms with Gasteiger partial charge in [0.1, 0.15) is 23.5 Å². The van der Waals surface area contributed by atoms with E-state index in [1.165, 1.54) is 24.5 Å². The average molecular weight is 453 g/mol. The number of hydrogen-bond donors (Lipinski definition) is 0. The van der Waals surface area contributed by atoms with E-state index >= 15 is 0 Å². The van der Waals surface area contributed by atoms with Crippen molar-refractivity contribution >= 4 is 27.8 Å². The standard InChI is InChI=1S/C19H22BrFN4O3/c1-19(2,3)28-18(26)25-8-6-24(7-9-25)17-16(11-22-12-23-17)27-15-5-4-13(21)10-14(15)20/h4-5,10-12H,6-9H2,1-3H3. The molecule has 9 heteroatoms. The number of anilines is 1. The molecule has 0 N–H and O–H groups in total. The SMILES string of the molecule is CC(C)(C)OC(=O)N1CCN(c2ncncc2Oc2ccc(F)cc2Br)CC1. The number of hydrogen-bond acceptors (Lipinski definition) is 6. The van der Waals surface area contributed by atoms with Crippen LogP contribution in [0.3, 0.4) is 0 Å². The summed E-state index contributed by atoms with van der Waals surface area (Å²) in [5, 5.41) is 0. The van der Waals surface area contributed by atoms with E-state index in [0.29, 0.717) is 48.0 Å². The van der Waals surface area contributed by atoms with Gasteiger partial charge in [-0.15, -0.1) is 0 Å². The van der Waals surface area contributed by atoms with E-state index in [-0.39, 0.29) is 11.9 Å². The highest BCUT2D eigenvalue weighted by Crippen LogP contribution is 2.34. The van der Waals surface area contributed by atoms with Gasteiger partial charge in [-0.05, 0) is 54.9 Å². The van der Waals surface area contributed by atoms with E-state index in [1.807, 2.05) is 25.7 Å². The van der Waals surface area contributed by atoms with Gasteiger partial charge in [0.25, 0.3) is 0 Å². The fraction of sp³-hybridized carbons (Fsp3) is 0.421. The Hall–Kier alpha value is -2.42. The Morgan fingerprint density at radius 2 is 1.89 bits per heavy atom. The molecule has 0 spiro atoms. The summed E-state index contributed by atoms with van der Waals surface area (Å²) in [7, 11) is 0. The summed E-state index contributed by atoms with van der Waals surface area (Å²) in [5.74, 6) is 1.18. The monoisotopic (exact) mass is 452 g/mol. The van der Waals surface area contributed by atoms with Gasteiger partial charge in [0.2, 0.25) is 0 Å². The van der Waals surface area contributed by atoms with Crippen LogP contribution in [0, 0.1) is 5.82 Å². The van der Waals surface area contributed by atoms with Crippen LogP contribution in [0.15, 0.2) is 35.2 Å². The molecule has 1 fully saturated rings. The highest BCUT2D eigenvalue weighted by Gasteiger charge is 2.27. The van der Waals surface area contributed by atoms with Gasteiger partial charge in [-0.3, -0.25) is 0 Å². The molecule has 1 aliphatic heterocycles. The van der Waals surface area contributed by atoms with Crippen LogP contribution in [0.5, 0.6) is 11.5 Å². The number of rotatable bonds is 3. The minimum absolute atomic E-state index is 0.318.